The number of nitrogens with zero attached hydrogens (tertiary/aromatic N) is 1. The molecule has 0 radical (unpaired) electrons. The summed E-state index contributed by atoms with van der Waals surface area (Å²) in [6, 6.07) is 3.31. The molecule has 0 N–H and O–H groups in total. The van der Waals surface area contributed by atoms with E-state index in [1.165, 1.54) is 6.26 Å². The maximum absolute atomic E-state index is 12.5. The van der Waals surface area contributed by atoms with Gasteiger partial charge in [0.05, 0.1) is 6.26 Å². The molecule has 0 spiro atoms. The lowest BCUT2D eigenvalue weighted by molar-refractivity contribution is -0.00317. The Bertz CT molecular complexity index is 515. The minimum Gasteiger partial charge on any atom is -0.461 e. The van der Waals surface area contributed by atoms with E-state index in [-0.39, 0.29) is 30.4 Å². The Hall–Kier alpha value is -1.78. The van der Waals surface area contributed by atoms with Gasteiger partial charge in [-0.1, -0.05) is 0 Å². The number of likely N-dealkylation sites (tertiary alicyclic amines) is 1. The number of amides is 1. The van der Waals surface area contributed by atoms with Crippen LogP contribution in [0, 0.1) is 0 Å². The van der Waals surface area contributed by atoms with Crippen LogP contribution < -0.4 is 0 Å². The molecule has 1 aliphatic heterocycles. The minimum absolute atomic E-state index is 0.0716. The highest BCUT2D eigenvalue weighted by Crippen LogP contribution is 2.28. The van der Waals surface area contributed by atoms with Gasteiger partial charge >= 0.3 is 6.09 Å². The number of carbonyl (C=O) groups is 2. The van der Waals surface area contributed by atoms with Crippen LogP contribution in [-0.2, 0) is 4.74 Å². The van der Waals surface area contributed by atoms with E-state index in [1.54, 1.807) is 17.0 Å². The molecule has 2 atom stereocenters. The minimum atomic E-state index is -0.538. The topological polar surface area (TPSA) is 59.8 Å². The molecule has 0 bridgehead atoms. The molecular formula is C17H25NO4. The van der Waals surface area contributed by atoms with Crippen LogP contribution in [0.3, 0.4) is 0 Å². The Morgan fingerprint density at radius 1 is 1.36 bits per heavy atom. The Morgan fingerprint density at radius 2 is 2.09 bits per heavy atom. The molecule has 22 heavy (non-hydrogen) atoms. The summed E-state index contributed by atoms with van der Waals surface area (Å²) < 4.78 is 10.7. The van der Waals surface area contributed by atoms with E-state index in [0.29, 0.717) is 5.76 Å². The molecule has 0 aromatic carbocycles. The molecule has 1 fully saturated rings. The van der Waals surface area contributed by atoms with Gasteiger partial charge in [0.25, 0.3) is 0 Å². The number of ether oxygens (including phenoxy) is 1. The van der Waals surface area contributed by atoms with Gasteiger partial charge in [0.1, 0.15) is 5.60 Å². The van der Waals surface area contributed by atoms with Crippen LogP contribution >= 0.6 is 0 Å². The highest BCUT2D eigenvalue weighted by Gasteiger charge is 2.36. The van der Waals surface area contributed by atoms with Crippen LogP contribution in [0.15, 0.2) is 22.8 Å². The summed E-state index contributed by atoms with van der Waals surface area (Å²) in [4.78, 5) is 26.5. The van der Waals surface area contributed by atoms with Gasteiger partial charge < -0.3 is 14.1 Å². The molecule has 1 saturated heterocycles. The Balaban J connectivity index is 2.09. The fourth-order valence-electron chi connectivity index (χ4n) is 2.88. The van der Waals surface area contributed by atoms with E-state index in [2.05, 4.69) is 0 Å². The average Bonchev–Trinajstić information content (AvgIpc) is 2.90. The van der Waals surface area contributed by atoms with Gasteiger partial charge in [-0.3, -0.25) is 4.79 Å². The second-order valence-electron chi connectivity index (χ2n) is 6.93. The zero-order valence-corrected chi connectivity index (χ0v) is 13.8. The number of piperidine rings is 1. The van der Waals surface area contributed by atoms with Crippen molar-refractivity contribution in [2.24, 2.45) is 0 Å². The lowest BCUT2D eigenvalue weighted by atomic mass is 9.93. The lowest BCUT2D eigenvalue weighted by Gasteiger charge is -2.40. The summed E-state index contributed by atoms with van der Waals surface area (Å²) in [5.74, 6) is 0.278. The van der Waals surface area contributed by atoms with Crippen molar-refractivity contribution in [2.45, 2.75) is 71.1 Å². The normalized spacial score (nSPS) is 22.5. The first kappa shape index (κ1) is 16.6. The molecule has 0 aliphatic carbocycles. The Morgan fingerprint density at radius 3 is 2.68 bits per heavy atom. The average molecular weight is 307 g/mol. The third kappa shape index (κ3) is 4.12. The molecule has 2 rings (SSSR count). The smallest absolute Gasteiger partial charge is 0.410 e. The van der Waals surface area contributed by atoms with E-state index < -0.39 is 5.60 Å². The predicted molar refractivity (Wildman–Crippen MR) is 82.8 cm³/mol. The number of hydrogen-bond donors (Lipinski definition) is 0. The molecule has 2 unspecified atom stereocenters. The van der Waals surface area contributed by atoms with Crippen molar-refractivity contribution in [3.05, 3.63) is 24.2 Å². The largest absolute Gasteiger partial charge is 0.461 e. The van der Waals surface area contributed by atoms with E-state index in [4.69, 9.17) is 9.15 Å². The summed E-state index contributed by atoms with van der Waals surface area (Å²) in [6.07, 6.45) is 4.19. The number of ketones is 1. The maximum Gasteiger partial charge on any atom is 0.410 e. The van der Waals surface area contributed by atoms with Crippen LogP contribution in [-0.4, -0.2) is 34.5 Å². The molecule has 122 valence electrons. The van der Waals surface area contributed by atoms with Gasteiger partial charge in [0.2, 0.25) is 0 Å². The zero-order valence-electron chi connectivity index (χ0n) is 13.8. The summed E-state index contributed by atoms with van der Waals surface area (Å²) in [5.41, 5.74) is -0.538. The Kier molecular flexibility index (Phi) is 4.94. The van der Waals surface area contributed by atoms with E-state index >= 15 is 0 Å². The third-order valence-corrected chi connectivity index (χ3v) is 3.85. The molecule has 1 aromatic rings. The zero-order chi connectivity index (χ0) is 16.3. The van der Waals surface area contributed by atoms with Gasteiger partial charge in [-0.05, 0) is 59.1 Å². The van der Waals surface area contributed by atoms with Crippen molar-refractivity contribution in [1.29, 1.82) is 0 Å². The van der Waals surface area contributed by atoms with Crippen molar-refractivity contribution in [3.8, 4) is 0 Å². The monoisotopic (exact) mass is 307 g/mol. The van der Waals surface area contributed by atoms with Crippen molar-refractivity contribution in [1.82, 2.24) is 4.90 Å². The molecule has 5 heteroatoms. The second kappa shape index (κ2) is 6.55. The van der Waals surface area contributed by atoms with E-state index in [0.717, 1.165) is 19.3 Å². The molecule has 1 aliphatic rings. The van der Waals surface area contributed by atoms with Crippen LogP contribution in [0.25, 0.3) is 0 Å². The molecule has 1 amide bonds. The lowest BCUT2D eigenvalue weighted by Crippen LogP contribution is -2.51. The quantitative estimate of drug-likeness (QED) is 0.791. The fourth-order valence-corrected chi connectivity index (χ4v) is 2.88. The Labute approximate surface area is 131 Å². The molecule has 0 saturated carbocycles. The highest BCUT2D eigenvalue weighted by atomic mass is 16.6. The predicted octanol–water partition coefficient (Wildman–Crippen LogP) is 4.03. The first-order chi connectivity index (χ1) is 10.3. The van der Waals surface area contributed by atoms with Crippen molar-refractivity contribution in [3.63, 3.8) is 0 Å². The third-order valence-electron chi connectivity index (χ3n) is 3.85. The number of carbonyl (C=O) groups excluding carboxylic acids is 2. The van der Waals surface area contributed by atoms with Crippen molar-refractivity contribution < 1.29 is 18.7 Å². The summed E-state index contributed by atoms with van der Waals surface area (Å²) in [6.45, 7) is 7.56. The molecule has 5 nitrogen and oxygen atoms in total. The van der Waals surface area contributed by atoms with Gasteiger partial charge in [0, 0.05) is 18.5 Å². The van der Waals surface area contributed by atoms with Gasteiger partial charge in [-0.2, -0.15) is 0 Å². The van der Waals surface area contributed by atoms with Gasteiger partial charge in [-0.15, -0.1) is 0 Å². The summed E-state index contributed by atoms with van der Waals surface area (Å²) >= 11 is 0. The highest BCUT2D eigenvalue weighted by molar-refractivity contribution is 5.94. The second-order valence-corrected chi connectivity index (χ2v) is 6.93. The number of furan rings is 1. The fraction of sp³-hybridized carbons (Fsp3) is 0.647. The van der Waals surface area contributed by atoms with Gasteiger partial charge in [-0.25, -0.2) is 4.79 Å². The maximum atomic E-state index is 12.5. The SMILES string of the molecule is CC1CCCC(CC(=O)c2ccco2)N1C(=O)OC(C)(C)C. The van der Waals surface area contributed by atoms with Crippen LogP contribution in [0.2, 0.25) is 0 Å². The van der Waals surface area contributed by atoms with E-state index in [9.17, 15) is 9.59 Å². The molecule has 1 aromatic heterocycles. The van der Waals surface area contributed by atoms with Crippen LogP contribution in [0.5, 0.6) is 0 Å². The van der Waals surface area contributed by atoms with Crippen LogP contribution in [0.4, 0.5) is 4.79 Å². The van der Waals surface area contributed by atoms with E-state index in [1.807, 2.05) is 27.7 Å². The van der Waals surface area contributed by atoms with Crippen molar-refractivity contribution in [2.75, 3.05) is 0 Å². The first-order valence-electron chi connectivity index (χ1n) is 7.86. The van der Waals surface area contributed by atoms with Gasteiger partial charge in [0.15, 0.2) is 11.5 Å². The standard InChI is InChI=1S/C17H25NO4/c1-12-7-5-8-13(11-14(19)15-9-6-10-21-15)18(12)16(20)22-17(2,3)4/h6,9-10,12-13H,5,7-8,11H2,1-4H3. The first-order valence-corrected chi connectivity index (χ1v) is 7.86. The summed E-state index contributed by atoms with van der Waals surface area (Å²) in [5, 5.41) is 0. The molecule has 2 heterocycles. The van der Waals surface area contributed by atoms with Crippen molar-refractivity contribution >= 4 is 11.9 Å². The molecular weight excluding hydrogens is 282 g/mol. The number of rotatable bonds is 3. The van der Waals surface area contributed by atoms with Crippen LogP contribution in [0.1, 0.15) is 63.9 Å². The summed E-state index contributed by atoms with van der Waals surface area (Å²) in [7, 11) is 0. The number of hydrogen-bond acceptors (Lipinski definition) is 4. The number of Topliss-reactive ketones (excluding diaryl/α,β-unsaturated/α-hetero) is 1.